The normalized spacial score (nSPS) is 17.0. The fraction of sp³-hybridized carbons (Fsp3) is 0.769. The van der Waals surface area contributed by atoms with Crippen LogP contribution in [0.25, 0.3) is 0 Å². The van der Waals surface area contributed by atoms with E-state index in [1.807, 2.05) is 6.92 Å². The summed E-state index contributed by atoms with van der Waals surface area (Å²) in [4.78, 5) is 6.96. The lowest BCUT2D eigenvalue weighted by molar-refractivity contribution is 0.0369. The van der Waals surface area contributed by atoms with E-state index in [0.29, 0.717) is 0 Å². The molecule has 1 aliphatic heterocycles. The number of aryl methyl sites for hydroxylation is 2. The Kier molecular flexibility index (Phi) is 5.01. The summed E-state index contributed by atoms with van der Waals surface area (Å²) >= 11 is 0. The lowest BCUT2D eigenvalue weighted by Gasteiger charge is -2.26. The first-order valence-corrected chi connectivity index (χ1v) is 6.87. The van der Waals surface area contributed by atoms with E-state index in [1.54, 1.807) is 0 Å². The topological polar surface area (TPSA) is 42.3 Å². The fourth-order valence-corrected chi connectivity index (χ4v) is 2.31. The van der Waals surface area contributed by atoms with Crippen molar-refractivity contribution in [2.75, 3.05) is 44.7 Å². The molecular formula is C13H24N4O. The highest BCUT2D eigenvalue weighted by atomic mass is 16.5. The molecule has 18 heavy (non-hydrogen) atoms. The first kappa shape index (κ1) is 13.4. The second kappa shape index (κ2) is 6.75. The maximum atomic E-state index is 5.35. The molecule has 1 aromatic heterocycles. The van der Waals surface area contributed by atoms with E-state index in [-0.39, 0.29) is 0 Å². The van der Waals surface area contributed by atoms with Crippen LogP contribution in [-0.2, 0) is 11.3 Å². The summed E-state index contributed by atoms with van der Waals surface area (Å²) in [7, 11) is 0. The average molecular weight is 252 g/mol. The Labute approximate surface area is 109 Å². The second-order valence-corrected chi connectivity index (χ2v) is 4.74. The van der Waals surface area contributed by atoms with Gasteiger partial charge in [-0.15, -0.1) is 0 Å². The molecule has 0 amide bonds. The monoisotopic (exact) mass is 252 g/mol. The first-order valence-electron chi connectivity index (χ1n) is 6.87. The van der Waals surface area contributed by atoms with Gasteiger partial charge in [-0.25, -0.2) is 4.98 Å². The summed E-state index contributed by atoms with van der Waals surface area (Å²) in [5.41, 5.74) is 1.08. The number of hydrogen-bond acceptors (Lipinski definition) is 4. The number of nitrogens with zero attached hydrogens (tertiary/aromatic N) is 3. The minimum atomic E-state index is 0.882. The van der Waals surface area contributed by atoms with Gasteiger partial charge in [-0.05, 0) is 20.3 Å². The fourth-order valence-electron chi connectivity index (χ4n) is 2.31. The summed E-state index contributed by atoms with van der Waals surface area (Å²) in [6.07, 6.45) is 3.28. The first-order chi connectivity index (χ1) is 8.79. The van der Waals surface area contributed by atoms with Crippen molar-refractivity contribution in [3.05, 3.63) is 11.9 Å². The van der Waals surface area contributed by atoms with E-state index >= 15 is 0 Å². The summed E-state index contributed by atoms with van der Waals surface area (Å²) < 4.78 is 7.57. The molecular weight excluding hydrogens is 228 g/mol. The van der Waals surface area contributed by atoms with E-state index in [4.69, 9.17) is 4.74 Å². The van der Waals surface area contributed by atoms with Crippen LogP contribution in [0.2, 0.25) is 0 Å². The van der Waals surface area contributed by atoms with Crippen LogP contribution in [-0.4, -0.2) is 53.8 Å². The molecule has 2 rings (SSSR count). The van der Waals surface area contributed by atoms with Crippen molar-refractivity contribution in [3.63, 3.8) is 0 Å². The molecule has 1 fully saturated rings. The molecule has 0 unspecified atom stereocenters. The van der Waals surface area contributed by atoms with E-state index in [0.717, 1.165) is 64.0 Å². The van der Waals surface area contributed by atoms with Gasteiger partial charge < -0.3 is 14.6 Å². The maximum absolute atomic E-state index is 5.35. The van der Waals surface area contributed by atoms with Gasteiger partial charge in [0.05, 0.1) is 18.9 Å². The zero-order valence-corrected chi connectivity index (χ0v) is 11.5. The predicted molar refractivity (Wildman–Crippen MR) is 73.0 cm³/mol. The summed E-state index contributed by atoms with van der Waals surface area (Å²) in [6.45, 7) is 11.1. The van der Waals surface area contributed by atoms with Gasteiger partial charge in [0.15, 0.2) is 0 Å². The lowest BCUT2D eigenvalue weighted by Crippen LogP contribution is -2.37. The van der Waals surface area contributed by atoms with Crippen LogP contribution in [0.1, 0.15) is 19.0 Å². The van der Waals surface area contributed by atoms with Crippen molar-refractivity contribution in [1.82, 2.24) is 14.5 Å². The molecule has 0 aromatic carbocycles. The van der Waals surface area contributed by atoms with Gasteiger partial charge in [0, 0.05) is 38.9 Å². The zero-order chi connectivity index (χ0) is 12.8. The number of nitrogens with one attached hydrogen (secondary N) is 1. The van der Waals surface area contributed by atoms with Gasteiger partial charge in [0.2, 0.25) is 5.95 Å². The lowest BCUT2D eigenvalue weighted by atomic mass is 10.3. The van der Waals surface area contributed by atoms with E-state index in [1.165, 1.54) is 0 Å². The molecule has 1 aromatic rings. The van der Waals surface area contributed by atoms with Crippen molar-refractivity contribution < 1.29 is 4.74 Å². The molecule has 0 radical (unpaired) electrons. The van der Waals surface area contributed by atoms with Gasteiger partial charge in [0.1, 0.15) is 0 Å². The Bertz CT molecular complexity index is 358. The minimum absolute atomic E-state index is 0.882. The molecule has 0 aliphatic carbocycles. The van der Waals surface area contributed by atoms with Gasteiger partial charge in [-0.1, -0.05) is 0 Å². The molecule has 1 aliphatic rings. The predicted octanol–water partition coefficient (Wildman–Crippen LogP) is 1.35. The van der Waals surface area contributed by atoms with E-state index in [9.17, 15) is 0 Å². The molecule has 0 atom stereocenters. The average Bonchev–Trinajstić information content (AvgIpc) is 2.72. The van der Waals surface area contributed by atoms with Crippen molar-refractivity contribution in [2.45, 2.75) is 26.8 Å². The summed E-state index contributed by atoms with van der Waals surface area (Å²) in [5, 5.41) is 3.30. The largest absolute Gasteiger partial charge is 0.379 e. The van der Waals surface area contributed by atoms with E-state index in [2.05, 4.69) is 32.9 Å². The second-order valence-electron chi connectivity index (χ2n) is 4.74. The van der Waals surface area contributed by atoms with Gasteiger partial charge in [0.25, 0.3) is 0 Å². The smallest absolute Gasteiger partial charge is 0.203 e. The molecule has 0 spiro atoms. The van der Waals surface area contributed by atoms with Crippen LogP contribution in [0.5, 0.6) is 0 Å². The Morgan fingerprint density at radius 2 is 2.11 bits per heavy atom. The highest BCUT2D eigenvalue weighted by molar-refractivity contribution is 5.28. The number of rotatable bonds is 6. The zero-order valence-electron chi connectivity index (χ0n) is 11.5. The van der Waals surface area contributed by atoms with Gasteiger partial charge in [-0.2, -0.15) is 0 Å². The SMILES string of the molecule is CCNc1nc(C)cn1CCCN1CCOCC1. The number of ether oxygens (including phenoxy) is 1. The summed E-state index contributed by atoms with van der Waals surface area (Å²) in [5.74, 6) is 0.997. The number of morpholine rings is 1. The van der Waals surface area contributed by atoms with Crippen molar-refractivity contribution in [2.24, 2.45) is 0 Å². The Morgan fingerprint density at radius 1 is 1.33 bits per heavy atom. The standard InChI is InChI=1S/C13H24N4O/c1-3-14-13-15-12(2)11-17(13)6-4-5-16-7-9-18-10-8-16/h11H,3-10H2,1-2H3,(H,14,15). The van der Waals surface area contributed by atoms with Gasteiger partial charge in [-0.3, -0.25) is 4.90 Å². The van der Waals surface area contributed by atoms with E-state index < -0.39 is 0 Å². The molecule has 5 heteroatoms. The molecule has 0 saturated carbocycles. The molecule has 2 heterocycles. The maximum Gasteiger partial charge on any atom is 0.203 e. The van der Waals surface area contributed by atoms with Crippen LogP contribution in [0.15, 0.2) is 6.20 Å². The van der Waals surface area contributed by atoms with Crippen LogP contribution < -0.4 is 5.32 Å². The van der Waals surface area contributed by atoms with Crippen LogP contribution in [0.4, 0.5) is 5.95 Å². The number of hydrogen-bond donors (Lipinski definition) is 1. The minimum Gasteiger partial charge on any atom is -0.379 e. The van der Waals surface area contributed by atoms with Crippen molar-refractivity contribution in [3.8, 4) is 0 Å². The summed E-state index contributed by atoms with van der Waals surface area (Å²) in [6, 6.07) is 0. The third-order valence-electron chi connectivity index (χ3n) is 3.21. The Morgan fingerprint density at radius 3 is 2.83 bits per heavy atom. The molecule has 0 bridgehead atoms. The third-order valence-corrected chi connectivity index (χ3v) is 3.21. The number of aromatic nitrogens is 2. The molecule has 5 nitrogen and oxygen atoms in total. The Hall–Kier alpha value is -1.07. The Balaban J connectivity index is 1.78. The third kappa shape index (κ3) is 3.71. The van der Waals surface area contributed by atoms with Crippen molar-refractivity contribution >= 4 is 5.95 Å². The van der Waals surface area contributed by atoms with Crippen LogP contribution in [0.3, 0.4) is 0 Å². The van der Waals surface area contributed by atoms with Crippen LogP contribution in [0, 0.1) is 6.92 Å². The van der Waals surface area contributed by atoms with Crippen LogP contribution >= 0.6 is 0 Å². The molecule has 1 N–H and O–H groups in total. The number of anilines is 1. The highest BCUT2D eigenvalue weighted by Gasteiger charge is 2.10. The number of imidazole rings is 1. The van der Waals surface area contributed by atoms with Crippen molar-refractivity contribution in [1.29, 1.82) is 0 Å². The quantitative estimate of drug-likeness (QED) is 0.830. The molecule has 102 valence electrons. The van der Waals surface area contributed by atoms with Gasteiger partial charge >= 0.3 is 0 Å². The molecule has 1 saturated heterocycles. The highest BCUT2D eigenvalue weighted by Crippen LogP contribution is 2.09.